The predicted molar refractivity (Wildman–Crippen MR) is 112 cm³/mol. The first-order valence-electron chi connectivity index (χ1n) is 9.75. The van der Waals surface area contributed by atoms with E-state index < -0.39 is 23.6 Å². The second-order valence-electron chi connectivity index (χ2n) is 7.62. The van der Waals surface area contributed by atoms with Crippen LogP contribution in [0.15, 0.2) is 45.6 Å². The van der Waals surface area contributed by atoms with Crippen molar-refractivity contribution >= 4 is 28.4 Å². The number of alkyl halides is 3. The molecule has 0 amide bonds. The summed E-state index contributed by atoms with van der Waals surface area (Å²) in [5.41, 5.74) is 1.22. The van der Waals surface area contributed by atoms with Crippen molar-refractivity contribution in [3.8, 4) is 0 Å². The molecule has 0 bridgehead atoms. The molecule has 1 fully saturated rings. The van der Waals surface area contributed by atoms with Crippen molar-refractivity contribution in [1.82, 2.24) is 9.47 Å². The second-order valence-corrected chi connectivity index (χ2v) is 8.03. The summed E-state index contributed by atoms with van der Waals surface area (Å²) in [7, 11) is 1.57. The minimum absolute atomic E-state index is 0.304. The minimum atomic E-state index is -4.37. The number of fused-ring (bicyclic) bond motifs is 1. The summed E-state index contributed by atoms with van der Waals surface area (Å²) in [6.07, 6.45) is -5.28. The Bertz CT molecular complexity index is 1150. The van der Waals surface area contributed by atoms with Gasteiger partial charge >= 0.3 is 11.9 Å². The zero-order valence-electron chi connectivity index (χ0n) is 16.7. The van der Waals surface area contributed by atoms with Crippen LogP contribution >= 0.6 is 11.6 Å². The summed E-state index contributed by atoms with van der Waals surface area (Å²) in [5, 5.41) is 11.0. The third-order valence-corrected chi connectivity index (χ3v) is 5.94. The Hall–Kier alpha value is -2.49. The number of piperazine rings is 1. The minimum Gasteiger partial charge on any atom is -0.408 e. The molecule has 4 rings (SSSR count). The Morgan fingerprint density at radius 1 is 1.16 bits per heavy atom. The van der Waals surface area contributed by atoms with Crippen molar-refractivity contribution in [2.24, 2.45) is 7.05 Å². The number of aliphatic hydroxyl groups excluding tert-OH is 1. The van der Waals surface area contributed by atoms with Crippen LogP contribution in [-0.2, 0) is 13.2 Å². The highest BCUT2D eigenvalue weighted by Crippen LogP contribution is 2.32. The normalized spacial score (nSPS) is 16.8. The first-order valence-corrected chi connectivity index (χ1v) is 10.1. The van der Waals surface area contributed by atoms with Crippen LogP contribution < -0.4 is 10.7 Å². The molecular formula is C21H21ClF3N3O3. The molecule has 6 nitrogen and oxygen atoms in total. The largest absolute Gasteiger partial charge is 0.419 e. The zero-order chi connectivity index (χ0) is 22.3. The van der Waals surface area contributed by atoms with E-state index in [4.69, 9.17) is 16.0 Å². The number of hydrogen-bond donors (Lipinski definition) is 1. The van der Waals surface area contributed by atoms with Crippen LogP contribution in [0, 0.1) is 0 Å². The van der Waals surface area contributed by atoms with E-state index in [1.54, 1.807) is 25.2 Å². The van der Waals surface area contributed by atoms with Gasteiger partial charge in [-0.15, -0.1) is 0 Å². The van der Waals surface area contributed by atoms with E-state index in [-0.39, 0.29) is 0 Å². The van der Waals surface area contributed by atoms with Crippen LogP contribution in [0.4, 0.5) is 18.9 Å². The number of halogens is 4. The van der Waals surface area contributed by atoms with Gasteiger partial charge in [0.25, 0.3) is 0 Å². The molecule has 1 aliphatic heterocycles. The van der Waals surface area contributed by atoms with E-state index in [2.05, 4.69) is 0 Å². The van der Waals surface area contributed by atoms with E-state index in [1.807, 2.05) is 9.80 Å². The van der Waals surface area contributed by atoms with E-state index in [9.17, 15) is 23.1 Å². The molecule has 0 spiro atoms. The van der Waals surface area contributed by atoms with Crippen molar-refractivity contribution in [3.63, 3.8) is 0 Å². The van der Waals surface area contributed by atoms with Crippen LogP contribution in [-0.4, -0.2) is 47.3 Å². The summed E-state index contributed by atoms with van der Waals surface area (Å²) in [5.74, 6) is -0.511. The highest BCUT2D eigenvalue weighted by Gasteiger charge is 2.31. The van der Waals surface area contributed by atoms with Gasteiger partial charge in [-0.25, -0.2) is 4.79 Å². The lowest BCUT2D eigenvalue weighted by atomic mass is 10.1. The molecule has 1 unspecified atom stereocenters. The Morgan fingerprint density at radius 2 is 1.87 bits per heavy atom. The predicted octanol–water partition coefficient (Wildman–Crippen LogP) is 3.66. The van der Waals surface area contributed by atoms with Crippen molar-refractivity contribution in [1.29, 1.82) is 0 Å². The number of aliphatic hydroxyl groups is 1. The molecule has 2 aromatic carbocycles. The number of aromatic nitrogens is 1. The van der Waals surface area contributed by atoms with Gasteiger partial charge in [0.2, 0.25) is 0 Å². The average Bonchev–Trinajstić information content (AvgIpc) is 3.00. The summed E-state index contributed by atoms with van der Waals surface area (Å²) >= 11 is 6.32. The molecule has 10 heteroatoms. The molecule has 1 saturated heterocycles. The van der Waals surface area contributed by atoms with Crippen molar-refractivity contribution in [2.75, 3.05) is 37.6 Å². The number of nitrogens with zero attached hydrogens (tertiary/aromatic N) is 3. The van der Waals surface area contributed by atoms with Crippen molar-refractivity contribution in [3.05, 3.63) is 63.1 Å². The fraction of sp³-hybridized carbons (Fsp3) is 0.381. The Balaban J connectivity index is 1.42. The van der Waals surface area contributed by atoms with Crippen LogP contribution in [0.3, 0.4) is 0 Å². The third-order valence-electron chi connectivity index (χ3n) is 5.61. The number of benzene rings is 2. The fourth-order valence-corrected chi connectivity index (χ4v) is 4.11. The highest BCUT2D eigenvalue weighted by atomic mass is 35.5. The summed E-state index contributed by atoms with van der Waals surface area (Å²) in [6, 6.07) is 8.46. The third kappa shape index (κ3) is 4.44. The van der Waals surface area contributed by atoms with Gasteiger partial charge in [-0.1, -0.05) is 17.7 Å². The Labute approximate surface area is 181 Å². The standard InChI is InChI=1S/C21H21ClF3N3O3/c1-26-17-11-16(22)15(10-19(17)31-20(26)30)18(29)12-27-5-7-28(8-6-27)14-4-2-3-13(9-14)21(23,24)25/h2-4,9-11,18,29H,5-8,12H2,1H3. The van der Waals surface area contributed by atoms with Gasteiger partial charge in [0, 0.05) is 56.0 Å². The van der Waals surface area contributed by atoms with E-state index >= 15 is 0 Å². The summed E-state index contributed by atoms with van der Waals surface area (Å²) in [4.78, 5) is 15.6. The molecule has 2 heterocycles. The van der Waals surface area contributed by atoms with E-state index in [0.717, 1.165) is 12.1 Å². The topological polar surface area (TPSA) is 61.9 Å². The molecule has 1 N–H and O–H groups in total. The monoisotopic (exact) mass is 455 g/mol. The van der Waals surface area contributed by atoms with Gasteiger partial charge in [-0.2, -0.15) is 13.2 Å². The van der Waals surface area contributed by atoms with Gasteiger partial charge in [0.15, 0.2) is 5.58 Å². The van der Waals surface area contributed by atoms with Gasteiger partial charge in [0.1, 0.15) is 0 Å². The SMILES string of the molecule is Cn1c(=O)oc2cc(C(O)CN3CCN(c4cccc(C(F)(F)F)c4)CC3)c(Cl)cc21. The fourth-order valence-electron chi connectivity index (χ4n) is 3.83. The van der Waals surface area contributed by atoms with Crippen LogP contribution in [0.25, 0.3) is 11.1 Å². The molecule has 1 atom stereocenters. The molecule has 3 aromatic rings. The van der Waals surface area contributed by atoms with Gasteiger partial charge in [-0.3, -0.25) is 9.47 Å². The first-order chi connectivity index (χ1) is 14.6. The number of rotatable bonds is 4. The van der Waals surface area contributed by atoms with Crippen LogP contribution in [0.2, 0.25) is 5.02 Å². The number of oxazole rings is 1. The number of aryl methyl sites for hydroxylation is 1. The van der Waals surface area contributed by atoms with Crippen molar-refractivity contribution < 1.29 is 22.7 Å². The average molecular weight is 456 g/mol. The molecule has 166 valence electrons. The van der Waals surface area contributed by atoms with Crippen LogP contribution in [0.5, 0.6) is 0 Å². The molecule has 1 aromatic heterocycles. The molecular weight excluding hydrogens is 435 g/mol. The lowest BCUT2D eigenvalue weighted by molar-refractivity contribution is -0.137. The molecule has 0 saturated carbocycles. The second kappa shape index (κ2) is 8.22. The van der Waals surface area contributed by atoms with Crippen LogP contribution in [0.1, 0.15) is 17.2 Å². The molecule has 0 radical (unpaired) electrons. The Morgan fingerprint density at radius 3 is 2.55 bits per heavy atom. The van der Waals surface area contributed by atoms with E-state index in [1.165, 1.54) is 10.6 Å². The summed E-state index contributed by atoms with van der Waals surface area (Å²) in [6.45, 7) is 2.53. The van der Waals surface area contributed by atoms with E-state index in [0.29, 0.717) is 60.1 Å². The molecule has 1 aliphatic rings. The Kier molecular flexibility index (Phi) is 5.76. The van der Waals surface area contributed by atoms with Gasteiger partial charge in [0.05, 0.1) is 17.2 Å². The molecule has 0 aliphatic carbocycles. The first kappa shape index (κ1) is 21.7. The highest BCUT2D eigenvalue weighted by molar-refractivity contribution is 6.32. The maximum atomic E-state index is 13.0. The zero-order valence-corrected chi connectivity index (χ0v) is 17.5. The quantitative estimate of drug-likeness (QED) is 0.650. The number of hydrogen-bond acceptors (Lipinski definition) is 5. The van der Waals surface area contributed by atoms with Gasteiger partial charge < -0.3 is 14.4 Å². The maximum absolute atomic E-state index is 13.0. The maximum Gasteiger partial charge on any atom is 0.419 e. The summed E-state index contributed by atoms with van der Waals surface area (Å²) < 4.78 is 45.4. The number of anilines is 1. The molecule has 31 heavy (non-hydrogen) atoms. The van der Waals surface area contributed by atoms with Crippen molar-refractivity contribution in [2.45, 2.75) is 12.3 Å². The smallest absolute Gasteiger partial charge is 0.408 e. The lowest BCUT2D eigenvalue weighted by Crippen LogP contribution is -2.47. The lowest BCUT2D eigenvalue weighted by Gasteiger charge is -2.37. The number of β-amino-alcohol motifs (C(OH)–C–C–N with tert-alkyl or cyclic N) is 1. The van der Waals surface area contributed by atoms with Gasteiger partial charge in [-0.05, 0) is 30.3 Å².